The Morgan fingerprint density at radius 2 is 2.08 bits per heavy atom. The van der Waals surface area contributed by atoms with Gasteiger partial charge in [-0.05, 0) is 55.5 Å². The average Bonchev–Trinajstić information content (AvgIpc) is 3.01. The topological polar surface area (TPSA) is 53.7 Å². The second-order valence-electron chi connectivity index (χ2n) is 7.50. The highest BCUT2D eigenvalue weighted by Gasteiger charge is 2.37. The van der Waals surface area contributed by atoms with E-state index in [1.807, 2.05) is 19.1 Å². The smallest absolute Gasteiger partial charge is 0.204 e. The van der Waals surface area contributed by atoms with Crippen molar-refractivity contribution in [2.75, 3.05) is 4.90 Å². The Morgan fingerprint density at radius 1 is 1.27 bits per heavy atom. The van der Waals surface area contributed by atoms with Crippen LogP contribution in [-0.2, 0) is 13.0 Å². The highest BCUT2D eigenvalue weighted by Crippen LogP contribution is 2.45. The first-order valence-electron chi connectivity index (χ1n) is 9.17. The quantitative estimate of drug-likeness (QED) is 0.718. The summed E-state index contributed by atoms with van der Waals surface area (Å²) in [5, 5.41) is 10.8. The van der Waals surface area contributed by atoms with Crippen molar-refractivity contribution in [3.8, 4) is 0 Å². The van der Waals surface area contributed by atoms with Crippen LogP contribution in [0.2, 0.25) is 0 Å². The zero-order valence-electron chi connectivity index (χ0n) is 15.0. The lowest BCUT2D eigenvalue weighted by Crippen LogP contribution is -2.30. The molecule has 0 radical (unpaired) electrons. The molecule has 3 aromatic rings. The van der Waals surface area contributed by atoms with E-state index >= 15 is 0 Å². The van der Waals surface area contributed by atoms with Crippen molar-refractivity contribution in [2.24, 2.45) is 0 Å². The monoisotopic (exact) mass is 347 g/mol. The molecule has 1 N–H and O–H groups in total. The van der Waals surface area contributed by atoms with Gasteiger partial charge >= 0.3 is 0 Å². The summed E-state index contributed by atoms with van der Waals surface area (Å²) in [4.78, 5) is 15.4. The number of aryl methyl sites for hydroxylation is 1. The van der Waals surface area contributed by atoms with Gasteiger partial charge in [-0.1, -0.05) is 24.3 Å². The highest BCUT2D eigenvalue weighted by atomic mass is 16.4. The number of rotatable bonds is 1. The number of nitrogens with zero attached hydrogens (tertiary/aromatic N) is 1. The number of aliphatic hydroxyl groups is 1. The van der Waals surface area contributed by atoms with Crippen LogP contribution < -0.4 is 10.3 Å². The van der Waals surface area contributed by atoms with E-state index in [-0.39, 0.29) is 11.5 Å². The lowest BCUT2D eigenvalue weighted by Gasteiger charge is -2.32. The Bertz CT molecular complexity index is 1100. The van der Waals surface area contributed by atoms with E-state index in [0.29, 0.717) is 22.4 Å². The molecule has 4 heteroatoms. The maximum absolute atomic E-state index is 13.2. The minimum absolute atomic E-state index is 0.0428. The fraction of sp³-hybridized carbons (Fsp3) is 0.318. The summed E-state index contributed by atoms with van der Waals surface area (Å²) in [7, 11) is 0. The number of aliphatic hydroxyl groups excluding tert-OH is 1. The second kappa shape index (κ2) is 5.45. The Morgan fingerprint density at radius 3 is 2.88 bits per heavy atom. The van der Waals surface area contributed by atoms with Gasteiger partial charge < -0.3 is 14.4 Å². The van der Waals surface area contributed by atoms with Crippen LogP contribution in [-0.4, -0.2) is 5.11 Å². The number of hydrogen-bond acceptors (Lipinski definition) is 4. The molecule has 0 spiro atoms. The third-order valence-corrected chi connectivity index (χ3v) is 5.75. The minimum Gasteiger partial charge on any atom is -0.440 e. The molecule has 4 nitrogen and oxygen atoms in total. The molecule has 2 aliphatic heterocycles. The van der Waals surface area contributed by atoms with Gasteiger partial charge in [0.2, 0.25) is 5.88 Å². The normalized spacial score (nSPS) is 19.2. The molecule has 0 saturated carbocycles. The molecular formula is C22H21NO3. The van der Waals surface area contributed by atoms with E-state index in [4.69, 9.17) is 4.42 Å². The van der Waals surface area contributed by atoms with Gasteiger partial charge in [0.25, 0.3) is 0 Å². The molecule has 2 atom stereocenters. The maximum atomic E-state index is 13.2. The molecule has 0 amide bonds. The first-order chi connectivity index (χ1) is 12.5. The Labute approximate surface area is 151 Å². The minimum atomic E-state index is -0.686. The molecule has 2 aliphatic rings. The number of fused-ring (bicyclic) bond motifs is 6. The van der Waals surface area contributed by atoms with Gasteiger partial charge in [-0.25, -0.2) is 0 Å². The van der Waals surface area contributed by atoms with Crippen molar-refractivity contribution >= 4 is 16.9 Å². The fourth-order valence-electron chi connectivity index (χ4n) is 4.54. The van der Waals surface area contributed by atoms with Gasteiger partial charge in [0.1, 0.15) is 5.58 Å². The third kappa shape index (κ3) is 2.08. The van der Waals surface area contributed by atoms with Gasteiger partial charge in [0.05, 0.1) is 23.1 Å². The molecule has 2 aromatic carbocycles. The van der Waals surface area contributed by atoms with Crippen LogP contribution in [0.4, 0.5) is 5.88 Å². The summed E-state index contributed by atoms with van der Waals surface area (Å²) in [5.74, 6) is 0.681. The van der Waals surface area contributed by atoms with Crippen LogP contribution in [0.5, 0.6) is 0 Å². The molecule has 2 unspecified atom stereocenters. The molecule has 26 heavy (non-hydrogen) atoms. The van der Waals surface area contributed by atoms with Gasteiger partial charge in [-0.2, -0.15) is 0 Å². The van der Waals surface area contributed by atoms with Crippen molar-refractivity contribution in [1.29, 1.82) is 0 Å². The molecule has 132 valence electrons. The lowest BCUT2D eigenvalue weighted by molar-refractivity contribution is 0.199. The first-order valence-corrected chi connectivity index (χ1v) is 9.17. The molecular weight excluding hydrogens is 326 g/mol. The van der Waals surface area contributed by atoms with E-state index in [2.05, 4.69) is 29.2 Å². The third-order valence-electron chi connectivity index (χ3n) is 5.75. The molecule has 0 fully saturated rings. The Kier molecular flexibility index (Phi) is 3.28. The zero-order valence-corrected chi connectivity index (χ0v) is 15.0. The van der Waals surface area contributed by atoms with Crippen molar-refractivity contribution in [1.82, 2.24) is 0 Å². The van der Waals surface area contributed by atoms with Gasteiger partial charge in [-0.15, -0.1) is 0 Å². The zero-order chi connectivity index (χ0) is 18.0. The molecule has 5 rings (SSSR count). The number of benzene rings is 2. The van der Waals surface area contributed by atoms with Crippen LogP contribution in [0.1, 0.15) is 53.3 Å². The molecule has 0 bridgehead atoms. The fourth-order valence-corrected chi connectivity index (χ4v) is 4.54. The van der Waals surface area contributed by atoms with Crippen LogP contribution in [0, 0.1) is 6.92 Å². The largest absolute Gasteiger partial charge is 0.440 e. The number of anilines is 1. The van der Waals surface area contributed by atoms with Crippen molar-refractivity contribution < 1.29 is 9.52 Å². The predicted octanol–water partition coefficient (Wildman–Crippen LogP) is 4.16. The SMILES string of the molecule is Cc1cc(C(C)O)c2oc3c(c(=O)c2c1)CCC1c2ccccc2CN31. The molecule has 0 saturated heterocycles. The number of hydrogen-bond donors (Lipinski definition) is 1. The predicted molar refractivity (Wildman–Crippen MR) is 102 cm³/mol. The summed E-state index contributed by atoms with van der Waals surface area (Å²) in [6.07, 6.45) is 0.963. The molecule has 3 heterocycles. The summed E-state index contributed by atoms with van der Waals surface area (Å²) in [6.45, 7) is 4.41. The first kappa shape index (κ1) is 15.6. The van der Waals surface area contributed by atoms with Gasteiger partial charge in [-0.3, -0.25) is 4.79 Å². The summed E-state index contributed by atoms with van der Waals surface area (Å²) in [5.41, 5.74) is 5.60. The van der Waals surface area contributed by atoms with Crippen LogP contribution in [0.15, 0.2) is 45.6 Å². The Hall–Kier alpha value is -2.59. The molecule has 0 aliphatic carbocycles. The van der Waals surface area contributed by atoms with Crippen molar-refractivity contribution in [2.45, 2.75) is 45.4 Å². The van der Waals surface area contributed by atoms with Crippen LogP contribution in [0.3, 0.4) is 0 Å². The average molecular weight is 347 g/mol. The van der Waals surface area contributed by atoms with Crippen LogP contribution >= 0.6 is 0 Å². The maximum Gasteiger partial charge on any atom is 0.204 e. The Balaban J connectivity index is 1.77. The van der Waals surface area contributed by atoms with Gasteiger partial charge in [0.15, 0.2) is 5.43 Å². The standard InChI is InChI=1S/C22H21NO3/c1-12-9-17(13(2)24)21-18(10-12)20(25)16-7-8-19-15-6-4-3-5-14(15)11-23(19)22(16)26-21/h3-6,9-10,13,19,24H,7-8,11H2,1-2H3. The van der Waals surface area contributed by atoms with E-state index in [9.17, 15) is 9.90 Å². The van der Waals surface area contributed by atoms with Gasteiger partial charge in [0, 0.05) is 12.1 Å². The van der Waals surface area contributed by atoms with Crippen molar-refractivity contribution in [3.05, 3.63) is 74.4 Å². The van der Waals surface area contributed by atoms with Crippen molar-refractivity contribution in [3.63, 3.8) is 0 Å². The van der Waals surface area contributed by atoms with E-state index in [0.717, 1.165) is 30.5 Å². The summed E-state index contributed by atoms with van der Waals surface area (Å²) < 4.78 is 6.32. The molecule has 1 aromatic heterocycles. The van der Waals surface area contributed by atoms with E-state index in [1.165, 1.54) is 11.1 Å². The lowest BCUT2D eigenvalue weighted by atomic mass is 9.94. The summed E-state index contributed by atoms with van der Waals surface area (Å²) >= 11 is 0. The summed E-state index contributed by atoms with van der Waals surface area (Å²) in [6, 6.07) is 12.5. The second-order valence-corrected chi connectivity index (χ2v) is 7.50. The van der Waals surface area contributed by atoms with E-state index in [1.54, 1.807) is 6.92 Å². The van der Waals surface area contributed by atoms with E-state index < -0.39 is 6.10 Å². The van der Waals surface area contributed by atoms with Crippen LogP contribution in [0.25, 0.3) is 11.0 Å². The highest BCUT2D eigenvalue weighted by molar-refractivity contribution is 5.83.